The van der Waals surface area contributed by atoms with Crippen LogP contribution in [0, 0.1) is 17.8 Å². The van der Waals surface area contributed by atoms with Gasteiger partial charge >= 0.3 is 0 Å². The van der Waals surface area contributed by atoms with Crippen molar-refractivity contribution in [1.29, 1.82) is 0 Å². The third-order valence-electron chi connectivity index (χ3n) is 4.14. The summed E-state index contributed by atoms with van der Waals surface area (Å²) in [5.74, 6) is 2.75. The van der Waals surface area contributed by atoms with Crippen molar-refractivity contribution in [2.24, 2.45) is 17.8 Å². The zero-order chi connectivity index (χ0) is 11.3. The van der Waals surface area contributed by atoms with Crippen molar-refractivity contribution in [3.05, 3.63) is 24.3 Å². The highest BCUT2D eigenvalue weighted by molar-refractivity contribution is 5.07. The Kier molecular flexibility index (Phi) is 5.14. The summed E-state index contributed by atoms with van der Waals surface area (Å²) in [7, 11) is 0. The first-order chi connectivity index (χ1) is 7.19. The van der Waals surface area contributed by atoms with E-state index in [4.69, 9.17) is 0 Å². The average Bonchev–Trinajstić information content (AvgIpc) is 2.26. The molecule has 0 saturated heterocycles. The lowest BCUT2D eigenvalue weighted by molar-refractivity contribution is 0.207. The highest BCUT2D eigenvalue weighted by Crippen LogP contribution is 2.38. The lowest BCUT2D eigenvalue weighted by Gasteiger charge is -2.34. The van der Waals surface area contributed by atoms with E-state index < -0.39 is 0 Å². The van der Waals surface area contributed by atoms with Gasteiger partial charge < -0.3 is 0 Å². The molecule has 0 aliphatic heterocycles. The molecule has 0 aromatic rings. The topological polar surface area (TPSA) is 0 Å². The second-order valence-corrected chi connectivity index (χ2v) is 5.13. The first-order valence-electron chi connectivity index (χ1n) is 6.46. The molecule has 1 aliphatic carbocycles. The van der Waals surface area contributed by atoms with Gasteiger partial charge in [0.25, 0.3) is 0 Å². The summed E-state index contributed by atoms with van der Waals surface area (Å²) in [5, 5.41) is 0. The molecule has 0 bridgehead atoms. The number of hydrogen-bond acceptors (Lipinski definition) is 0. The van der Waals surface area contributed by atoms with Gasteiger partial charge in [0, 0.05) is 0 Å². The Bertz CT molecular complexity index is 224. The molecule has 86 valence electrons. The minimum Gasteiger partial charge on any atom is -0.103 e. The third kappa shape index (κ3) is 3.52. The van der Waals surface area contributed by atoms with Gasteiger partial charge in [-0.25, -0.2) is 0 Å². The van der Waals surface area contributed by atoms with Gasteiger partial charge in [0.2, 0.25) is 0 Å². The predicted molar refractivity (Wildman–Crippen MR) is 68.9 cm³/mol. The first kappa shape index (κ1) is 12.5. The molecule has 0 aromatic heterocycles. The Hall–Kier alpha value is -0.520. The van der Waals surface area contributed by atoms with E-state index in [-0.39, 0.29) is 0 Å². The Morgan fingerprint density at radius 2 is 2.13 bits per heavy atom. The van der Waals surface area contributed by atoms with Gasteiger partial charge in [0.1, 0.15) is 0 Å². The number of hydrogen-bond donors (Lipinski definition) is 0. The van der Waals surface area contributed by atoms with Crippen molar-refractivity contribution in [1.82, 2.24) is 0 Å². The minimum atomic E-state index is 0.853. The summed E-state index contributed by atoms with van der Waals surface area (Å²) in [4.78, 5) is 0. The molecule has 0 spiro atoms. The molecule has 1 rings (SSSR count). The molecular formula is C15H26. The predicted octanol–water partition coefficient (Wildman–Crippen LogP) is 4.97. The van der Waals surface area contributed by atoms with Gasteiger partial charge in [-0.05, 0) is 50.4 Å². The normalized spacial score (nSPS) is 32.7. The van der Waals surface area contributed by atoms with E-state index in [1.807, 2.05) is 6.08 Å². The molecule has 15 heavy (non-hydrogen) atoms. The van der Waals surface area contributed by atoms with E-state index in [1.54, 1.807) is 5.57 Å². The van der Waals surface area contributed by atoms with Crippen molar-refractivity contribution >= 4 is 0 Å². The number of rotatable bonds is 4. The molecule has 0 aromatic carbocycles. The van der Waals surface area contributed by atoms with E-state index >= 15 is 0 Å². The molecule has 0 nitrogen and oxygen atoms in total. The molecule has 1 aliphatic rings. The maximum absolute atomic E-state index is 3.78. The van der Waals surface area contributed by atoms with Crippen LogP contribution in [0.25, 0.3) is 0 Å². The van der Waals surface area contributed by atoms with Gasteiger partial charge in [0.15, 0.2) is 0 Å². The standard InChI is InChI=1S/C15H26/c1-5-7-8-12(3)15-10-9-13(4)14(6-2)11-15/h5,8,13-15H,1,6-7,9-11H2,2-4H3/b12-8+. The minimum absolute atomic E-state index is 0.853. The summed E-state index contributed by atoms with van der Waals surface area (Å²) in [6, 6.07) is 0. The Morgan fingerprint density at radius 1 is 1.40 bits per heavy atom. The van der Waals surface area contributed by atoms with Crippen LogP contribution in [0.3, 0.4) is 0 Å². The fourth-order valence-corrected chi connectivity index (χ4v) is 2.83. The molecule has 3 atom stereocenters. The molecule has 0 heterocycles. The van der Waals surface area contributed by atoms with E-state index in [9.17, 15) is 0 Å². The summed E-state index contributed by atoms with van der Waals surface area (Å²) >= 11 is 0. The lowest BCUT2D eigenvalue weighted by Crippen LogP contribution is -2.23. The van der Waals surface area contributed by atoms with Crippen molar-refractivity contribution in [2.75, 3.05) is 0 Å². The van der Waals surface area contributed by atoms with Crippen LogP contribution < -0.4 is 0 Å². The smallest absolute Gasteiger partial charge is 0.0169 e. The van der Waals surface area contributed by atoms with Crippen LogP contribution in [0.4, 0.5) is 0 Å². The fourth-order valence-electron chi connectivity index (χ4n) is 2.83. The fraction of sp³-hybridized carbons (Fsp3) is 0.733. The molecular weight excluding hydrogens is 180 g/mol. The second-order valence-electron chi connectivity index (χ2n) is 5.13. The van der Waals surface area contributed by atoms with Crippen molar-refractivity contribution in [3.8, 4) is 0 Å². The largest absolute Gasteiger partial charge is 0.103 e. The van der Waals surface area contributed by atoms with Crippen LogP contribution in [0.5, 0.6) is 0 Å². The van der Waals surface area contributed by atoms with E-state index in [0.29, 0.717) is 0 Å². The van der Waals surface area contributed by atoms with Gasteiger partial charge in [0.05, 0.1) is 0 Å². The van der Waals surface area contributed by atoms with Gasteiger partial charge in [-0.15, -0.1) is 6.58 Å². The molecule has 1 saturated carbocycles. The van der Waals surface area contributed by atoms with Gasteiger partial charge in [-0.2, -0.15) is 0 Å². The van der Waals surface area contributed by atoms with E-state index in [1.165, 1.54) is 25.7 Å². The maximum Gasteiger partial charge on any atom is -0.0169 e. The van der Waals surface area contributed by atoms with E-state index in [0.717, 1.165) is 24.2 Å². The summed E-state index contributed by atoms with van der Waals surface area (Å²) in [6.45, 7) is 10.8. The van der Waals surface area contributed by atoms with Crippen molar-refractivity contribution < 1.29 is 0 Å². The molecule has 0 heteroatoms. The van der Waals surface area contributed by atoms with Crippen LogP contribution in [0.15, 0.2) is 24.3 Å². The van der Waals surface area contributed by atoms with Crippen LogP contribution >= 0.6 is 0 Å². The van der Waals surface area contributed by atoms with Crippen LogP contribution in [-0.4, -0.2) is 0 Å². The van der Waals surface area contributed by atoms with Crippen molar-refractivity contribution in [2.45, 2.75) is 52.9 Å². The van der Waals surface area contributed by atoms with Crippen molar-refractivity contribution in [3.63, 3.8) is 0 Å². The highest BCUT2D eigenvalue weighted by atomic mass is 14.3. The van der Waals surface area contributed by atoms with Crippen LogP contribution in [0.2, 0.25) is 0 Å². The quantitative estimate of drug-likeness (QED) is 0.570. The summed E-state index contributed by atoms with van der Waals surface area (Å²) in [6.07, 6.45) is 11.0. The summed E-state index contributed by atoms with van der Waals surface area (Å²) in [5.41, 5.74) is 1.60. The Morgan fingerprint density at radius 3 is 2.73 bits per heavy atom. The van der Waals surface area contributed by atoms with E-state index in [2.05, 4.69) is 33.4 Å². The molecule has 0 amide bonds. The third-order valence-corrected chi connectivity index (χ3v) is 4.14. The number of allylic oxidation sites excluding steroid dienone is 3. The Balaban J connectivity index is 2.53. The SMILES string of the molecule is C=CC/C=C(\C)C1CCC(C)C(CC)C1. The average molecular weight is 206 g/mol. The monoisotopic (exact) mass is 206 g/mol. The maximum atomic E-state index is 3.78. The lowest BCUT2D eigenvalue weighted by atomic mass is 9.71. The van der Waals surface area contributed by atoms with Crippen LogP contribution in [-0.2, 0) is 0 Å². The van der Waals surface area contributed by atoms with Crippen LogP contribution in [0.1, 0.15) is 52.9 Å². The highest BCUT2D eigenvalue weighted by Gasteiger charge is 2.26. The molecule has 1 fully saturated rings. The molecule has 0 N–H and O–H groups in total. The molecule has 0 radical (unpaired) electrons. The summed E-state index contributed by atoms with van der Waals surface area (Å²) < 4.78 is 0. The Labute approximate surface area is 95.5 Å². The van der Waals surface area contributed by atoms with Gasteiger partial charge in [-0.1, -0.05) is 38.0 Å². The first-order valence-corrected chi connectivity index (χ1v) is 6.46. The van der Waals surface area contributed by atoms with Gasteiger partial charge in [-0.3, -0.25) is 0 Å². The zero-order valence-electron chi connectivity index (χ0n) is 10.6. The zero-order valence-corrected chi connectivity index (χ0v) is 10.6. The second kappa shape index (κ2) is 6.15. The molecule has 3 unspecified atom stereocenters.